The van der Waals surface area contributed by atoms with Crippen molar-refractivity contribution in [2.75, 3.05) is 18.1 Å². The van der Waals surface area contributed by atoms with Gasteiger partial charge in [0.1, 0.15) is 5.01 Å². The molecule has 3 nitrogen and oxygen atoms in total. The Bertz CT molecular complexity index is 429. The van der Waals surface area contributed by atoms with Crippen LogP contribution in [0.4, 0.5) is 0 Å². The SMILES string of the molecule is Cc1csc(C(C)NC2CCOC3(CCSC3)C2)n1. The van der Waals surface area contributed by atoms with E-state index in [9.17, 15) is 0 Å². The van der Waals surface area contributed by atoms with Crippen molar-refractivity contribution in [3.05, 3.63) is 16.1 Å². The van der Waals surface area contributed by atoms with Crippen LogP contribution in [-0.4, -0.2) is 34.7 Å². The van der Waals surface area contributed by atoms with Gasteiger partial charge in [-0.1, -0.05) is 0 Å². The molecule has 3 unspecified atom stereocenters. The number of rotatable bonds is 3. The molecule has 2 fully saturated rings. The first-order valence-electron chi connectivity index (χ1n) is 7.07. The minimum atomic E-state index is 0.166. The highest BCUT2D eigenvalue weighted by Crippen LogP contribution is 2.38. The molecule has 3 atom stereocenters. The zero-order chi connectivity index (χ0) is 13.3. The molecule has 0 amide bonds. The van der Waals surface area contributed by atoms with Gasteiger partial charge in [-0.15, -0.1) is 11.3 Å². The number of thiazole rings is 1. The molecule has 19 heavy (non-hydrogen) atoms. The summed E-state index contributed by atoms with van der Waals surface area (Å²) in [7, 11) is 0. The number of nitrogens with zero attached hydrogens (tertiary/aromatic N) is 1. The number of nitrogens with one attached hydrogen (secondary N) is 1. The molecule has 0 saturated carbocycles. The van der Waals surface area contributed by atoms with Crippen LogP contribution in [0, 0.1) is 6.92 Å². The van der Waals surface area contributed by atoms with Crippen LogP contribution >= 0.6 is 23.1 Å². The van der Waals surface area contributed by atoms with E-state index in [1.807, 2.05) is 11.8 Å². The van der Waals surface area contributed by atoms with Gasteiger partial charge in [-0.05, 0) is 38.9 Å². The second-order valence-electron chi connectivity index (χ2n) is 5.74. The van der Waals surface area contributed by atoms with Crippen molar-refractivity contribution in [2.24, 2.45) is 0 Å². The maximum atomic E-state index is 6.07. The van der Waals surface area contributed by atoms with E-state index < -0.39 is 0 Å². The maximum Gasteiger partial charge on any atom is 0.110 e. The molecule has 0 bridgehead atoms. The summed E-state index contributed by atoms with van der Waals surface area (Å²) in [6, 6.07) is 0.930. The maximum absolute atomic E-state index is 6.07. The van der Waals surface area contributed by atoms with Gasteiger partial charge in [0, 0.05) is 29.5 Å². The lowest BCUT2D eigenvalue weighted by Gasteiger charge is -2.39. The minimum Gasteiger partial charge on any atom is -0.374 e. The van der Waals surface area contributed by atoms with Gasteiger partial charge in [-0.25, -0.2) is 4.98 Å². The first-order chi connectivity index (χ1) is 9.17. The standard InChI is InChI=1S/C14H22N2OS2/c1-10-8-19-13(15-10)11(2)16-12-3-5-17-14(7-12)4-6-18-9-14/h8,11-12,16H,3-7,9H2,1-2H3. The Morgan fingerprint density at radius 2 is 2.47 bits per heavy atom. The summed E-state index contributed by atoms with van der Waals surface area (Å²) < 4.78 is 6.07. The number of aryl methyl sites for hydroxylation is 1. The smallest absolute Gasteiger partial charge is 0.110 e. The van der Waals surface area contributed by atoms with E-state index in [0.29, 0.717) is 12.1 Å². The van der Waals surface area contributed by atoms with E-state index >= 15 is 0 Å². The van der Waals surface area contributed by atoms with E-state index in [-0.39, 0.29) is 5.60 Å². The Morgan fingerprint density at radius 3 is 3.16 bits per heavy atom. The van der Waals surface area contributed by atoms with Gasteiger partial charge in [0.2, 0.25) is 0 Å². The van der Waals surface area contributed by atoms with Crippen molar-refractivity contribution >= 4 is 23.1 Å². The van der Waals surface area contributed by atoms with Gasteiger partial charge in [-0.3, -0.25) is 0 Å². The number of hydrogen-bond acceptors (Lipinski definition) is 5. The van der Waals surface area contributed by atoms with Crippen molar-refractivity contribution in [3.63, 3.8) is 0 Å². The summed E-state index contributed by atoms with van der Waals surface area (Å²) in [6.07, 6.45) is 3.51. The molecule has 2 saturated heterocycles. The Balaban J connectivity index is 1.60. The molecule has 3 rings (SSSR count). The molecule has 5 heteroatoms. The van der Waals surface area contributed by atoms with Crippen LogP contribution in [0.25, 0.3) is 0 Å². The topological polar surface area (TPSA) is 34.1 Å². The van der Waals surface area contributed by atoms with E-state index in [0.717, 1.165) is 25.1 Å². The summed E-state index contributed by atoms with van der Waals surface area (Å²) in [5.41, 5.74) is 1.29. The van der Waals surface area contributed by atoms with E-state index in [1.54, 1.807) is 11.3 Å². The Hall–Kier alpha value is -0.100. The minimum absolute atomic E-state index is 0.166. The van der Waals surface area contributed by atoms with Gasteiger partial charge in [0.25, 0.3) is 0 Å². The number of ether oxygens (including phenoxy) is 1. The van der Waals surface area contributed by atoms with Crippen LogP contribution in [0.15, 0.2) is 5.38 Å². The van der Waals surface area contributed by atoms with E-state index in [1.165, 1.54) is 22.9 Å². The van der Waals surface area contributed by atoms with Crippen LogP contribution in [-0.2, 0) is 4.74 Å². The summed E-state index contributed by atoms with van der Waals surface area (Å²) in [5.74, 6) is 2.43. The summed E-state index contributed by atoms with van der Waals surface area (Å²) >= 11 is 3.80. The molecule has 1 aromatic heterocycles. The highest BCUT2D eigenvalue weighted by atomic mass is 32.2. The van der Waals surface area contributed by atoms with Gasteiger partial charge < -0.3 is 10.1 Å². The predicted octanol–water partition coefficient (Wildman–Crippen LogP) is 3.16. The molecule has 1 aromatic rings. The van der Waals surface area contributed by atoms with E-state index in [2.05, 4.69) is 29.5 Å². The molecule has 2 aliphatic rings. The fraction of sp³-hybridized carbons (Fsp3) is 0.786. The van der Waals surface area contributed by atoms with Gasteiger partial charge in [0.15, 0.2) is 0 Å². The van der Waals surface area contributed by atoms with Crippen LogP contribution in [0.1, 0.15) is 42.9 Å². The van der Waals surface area contributed by atoms with Crippen LogP contribution in [0.2, 0.25) is 0 Å². The molecule has 106 valence electrons. The van der Waals surface area contributed by atoms with Gasteiger partial charge in [0.05, 0.1) is 11.6 Å². The lowest BCUT2D eigenvalue weighted by Crippen LogP contribution is -2.47. The first kappa shape index (κ1) is 13.9. The van der Waals surface area contributed by atoms with Crippen molar-refractivity contribution in [2.45, 2.75) is 50.8 Å². The number of thioether (sulfide) groups is 1. The molecule has 0 aliphatic carbocycles. The Kier molecular flexibility index (Phi) is 4.17. The molecule has 1 N–H and O–H groups in total. The lowest BCUT2D eigenvalue weighted by atomic mass is 9.89. The molecule has 3 heterocycles. The van der Waals surface area contributed by atoms with Gasteiger partial charge in [-0.2, -0.15) is 11.8 Å². The Morgan fingerprint density at radius 1 is 1.58 bits per heavy atom. The zero-order valence-electron chi connectivity index (χ0n) is 11.6. The summed E-state index contributed by atoms with van der Waals surface area (Å²) in [5, 5.41) is 7.10. The summed E-state index contributed by atoms with van der Waals surface area (Å²) in [6.45, 7) is 5.19. The average molecular weight is 298 g/mol. The molecular weight excluding hydrogens is 276 g/mol. The van der Waals surface area contributed by atoms with E-state index in [4.69, 9.17) is 4.74 Å². The van der Waals surface area contributed by atoms with Crippen molar-refractivity contribution in [1.29, 1.82) is 0 Å². The average Bonchev–Trinajstić information content (AvgIpc) is 2.99. The second-order valence-corrected chi connectivity index (χ2v) is 7.73. The van der Waals surface area contributed by atoms with Crippen LogP contribution in [0.5, 0.6) is 0 Å². The lowest BCUT2D eigenvalue weighted by molar-refractivity contribution is -0.0711. The van der Waals surface area contributed by atoms with Gasteiger partial charge >= 0.3 is 0 Å². The second kappa shape index (κ2) is 5.72. The number of aromatic nitrogens is 1. The van der Waals surface area contributed by atoms with Crippen molar-refractivity contribution < 1.29 is 4.74 Å². The number of hydrogen-bond donors (Lipinski definition) is 1. The quantitative estimate of drug-likeness (QED) is 0.929. The molecule has 2 aliphatic heterocycles. The fourth-order valence-electron chi connectivity index (χ4n) is 3.03. The highest BCUT2D eigenvalue weighted by Gasteiger charge is 2.40. The first-order valence-corrected chi connectivity index (χ1v) is 9.10. The monoisotopic (exact) mass is 298 g/mol. The van der Waals surface area contributed by atoms with Crippen molar-refractivity contribution in [3.8, 4) is 0 Å². The Labute approximate surface area is 123 Å². The highest BCUT2D eigenvalue weighted by molar-refractivity contribution is 7.99. The molecule has 1 spiro atoms. The largest absolute Gasteiger partial charge is 0.374 e. The molecule has 0 aromatic carbocycles. The summed E-state index contributed by atoms with van der Waals surface area (Å²) in [4.78, 5) is 4.59. The zero-order valence-corrected chi connectivity index (χ0v) is 13.3. The third-order valence-corrected chi connectivity index (χ3v) is 6.42. The fourth-order valence-corrected chi connectivity index (χ4v) is 5.22. The third kappa shape index (κ3) is 3.15. The third-order valence-electron chi connectivity index (χ3n) is 4.05. The van der Waals surface area contributed by atoms with Crippen molar-refractivity contribution in [1.82, 2.24) is 10.3 Å². The normalized spacial score (nSPS) is 32.8. The molecular formula is C14H22N2OS2. The van der Waals surface area contributed by atoms with Crippen LogP contribution < -0.4 is 5.32 Å². The predicted molar refractivity (Wildman–Crippen MR) is 82.0 cm³/mol. The van der Waals surface area contributed by atoms with Crippen LogP contribution in [0.3, 0.4) is 0 Å². The molecule has 0 radical (unpaired) electrons.